The SMILES string of the molecule is CN(C)N1C(=O)CC2(CCCC2)CC1=O. The Morgan fingerprint density at radius 3 is 1.93 bits per heavy atom. The highest BCUT2D eigenvalue weighted by Crippen LogP contribution is 2.46. The fourth-order valence-electron chi connectivity index (χ4n) is 2.92. The highest BCUT2D eigenvalue weighted by atomic mass is 16.2. The molecule has 1 saturated heterocycles. The van der Waals surface area contributed by atoms with Crippen molar-refractivity contribution < 1.29 is 9.59 Å². The van der Waals surface area contributed by atoms with Crippen molar-refractivity contribution in [1.82, 2.24) is 10.0 Å². The molecular weight excluding hydrogens is 192 g/mol. The average Bonchev–Trinajstić information content (AvgIpc) is 2.50. The fraction of sp³-hybridized carbons (Fsp3) is 0.818. The first-order valence-electron chi connectivity index (χ1n) is 5.57. The van der Waals surface area contributed by atoms with Gasteiger partial charge in [0.25, 0.3) is 0 Å². The Labute approximate surface area is 90.2 Å². The molecule has 0 N–H and O–H groups in total. The number of carbonyl (C=O) groups is 2. The normalized spacial score (nSPS) is 25.7. The minimum Gasteiger partial charge on any atom is -0.273 e. The molecule has 0 unspecified atom stereocenters. The molecule has 15 heavy (non-hydrogen) atoms. The third-order valence-corrected chi connectivity index (χ3v) is 3.59. The lowest BCUT2D eigenvalue weighted by molar-refractivity contribution is -0.169. The lowest BCUT2D eigenvalue weighted by Gasteiger charge is -2.39. The van der Waals surface area contributed by atoms with Gasteiger partial charge < -0.3 is 0 Å². The summed E-state index contributed by atoms with van der Waals surface area (Å²) in [6.07, 6.45) is 5.54. The quantitative estimate of drug-likeness (QED) is 0.610. The second-order valence-electron chi connectivity index (χ2n) is 5.01. The summed E-state index contributed by atoms with van der Waals surface area (Å²) >= 11 is 0. The van der Waals surface area contributed by atoms with Gasteiger partial charge in [-0.3, -0.25) is 9.59 Å². The molecule has 1 aliphatic heterocycles. The van der Waals surface area contributed by atoms with E-state index in [0.29, 0.717) is 12.8 Å². The molecule has 1 saturated carbocycles. The molecule has 1 heterocycles. The van der Waals surface area contributed by atoms with Crippen LogP contribution in [0.4, 0.5) is 0 Å². The minimum atomic E-state index is -0.0295. The zero-order valence-corrected chi connectivity index (χ0v) is 9.45. The maximum Gasteiger partial charge on any atom is 0.244 e. The van der Waals surface area contributed by atoms with E-state index in [-0.39, 0.29) is 17.2 Å². The van der Waals surface area contributed by atoms with Crippen LogP contribution in [0, 0.1) is 5.41 Å². The summed E-state index contributed by atoms with van der Waals surface area (Å²) in [6, 6.07) is 0. The Balaban J connectivity index is 2.16. The molecule has 84 valence electrons. The molecule has 0 radical (unpaired) electrons. The summed E-state index contributed by atoms with van der Waals surface area (Å²) in [4.78, 5) is 23.7. The molecule has 2 amide bonds. The summed E-state index contributed by atoms with van der Waals surface area (Å²) < 4.78 is 0. The van der Waals surface area contributed by atoms with Crippen molar-refractivity contribution in [2.75, 3.05) is 14.1 Å². The van der Waals surface area contributed by atoms with Gasteiger partial charge in [-0.15, -0.1) is 0 Å². The molecular formula is C11H18N2O2. The van der Waals surface area contributed by atoms with Crippen molar-refractivity contribution in [3.05, 3.63) is 0 Å². The maximum absolute atomic E-state index is 11.9. The Hall–Kier alpha value is -0.900. The number of carbonyl (C=O) groups excluding carboxylic acids is 2. The highest BCUT2D eigenvalue weighted by molar-refractivity contribution is 5.97. The van der Waals surface area contributed by atoms with E-state index in [1.165, 1.54) is 17.9 Å². The largest absolute Gasteiger partial charge is 0.273 e. The number of hydrogen-bond donors (Lipinski definition) is 0. The summed E-state index contributed by atoms with van der Waals surface area (Å²) in [5, 5.41) is 2.87. The Morgan fingerprint density at radius 2 is 1.53 bits per heavy atom. The van der Waals surface area contributed by atoms with Gasteiger partial charge in [0.2, 0.25) is 11.8 Å². The average molecular weight is 210 g/mol. The monoisotopic (exact) mass is 210 g/mol. The Kier molecular flexibility index (Phi) is 2.54. The Bertz CT molecular complexity index is 273. The third kappa shape index (κ3) is 1.78. The van der Waals surface area contributed by atoms with Crippen molar-refractivity contribution >= 4 is 11.8 Å². The predicted molar refractivity (Wildman–Crippen MR) is 55.7 cm³/mol. The van der Waals surface area contributed by atoms with Gasteiger partial charge in [0, 0.05) is 26.9 Å². The summed E-state index contributed by atoms with van der Waals surface area (Å²) in [7, 11) is 3.48. The van der Waals surface area contributed by atoms with Crippen LogP contribution in [0.1, 0.15) is 38.5 Å². The van der Waals surface area contributed by atoms with E-state index >= 15 is 0 Å². The number of hydrogen-bond acceptors (Lipinski definition) is 3. The molecule has 0 aromatic heterocycles. The highest BCUT2D eigenvalue weighted by Gasteiger charge is 2.45. The van der Waals surface area contributed by atoms with Crippen LogP contribution in [-0.4, -0.2) is 35.9 Å². The molecule has 4 nitrogen and oxygen atoms in total. The summed E-state index contributed by atoms with van der Waals surface area (Å²) in [6.45, 7) is 0. The molecule has 0 atom stereocenters. The standard InChI is InChI=1S/C11H18N2O2/c1-12(2)13-9(14)7-11(8-10(13)15)5-3-4-6-11/h3-8H2,1-2H3. The number of imide groups is 1. The lowest BCUT2D eigenvalue weighted by Crippen LogP contribution is -2.52. The smallest absolute Gasteiger partial charge is 0.244 e. The van der Waals surface area contributed by atoms with Gasteiger partial charge in [0.05, 0.1) is 0 Å². The first kappa shape index (κ1) is 10.6. The first-order chi connectivity index (χ1) is 7.04. The van der Waals surface area contributed by atoms with E-state index in [2.05, 4.69) is 0 Å². The van der Waals surface area contributed by atoms with Gasteiger partial charge in [-0.2, -0.15) is 0 Å². The minimum absolute atomic E-state index is 0.0146. The van der Waals surface area contributed by atoms with E-state index in [1.54, 1.807) is 19.1 Å². The van der Waals surface area contributed by atoms with Crippen LogP contribution in [0.25, 0.3) is 0 Å². The Morgan fingerprint density at radius 1 is 1.07 bits per heavy atom. The summed E-state index contributed by atoms with van der Waals surface area (Å²) in [5.74, 6) is -0.0590. The second kappa shape index (κ2) is 3.59. The fourth-order valence-corrected chi connectivity index (χ4v) is 2.92. The zero-order chi connectivity index (χ0) is 11.1. The molecule has 2 fully saturated rings. The van der Waals surface area contributed by atoms with Crippen LogP contribution < -0.4 is 0 Å². The van der Waals surface area contributed by atoms with E-state index < -0.39 is 0 Å². The van der Waals surface area contributed by atoms with E-state index in [9.17, 15) is 9.59 Å². The second-order valence-corrected chi connectivity index (χ2v) is 5.01. The van der Waals surface area contributed by atoms with Crippen molar-refractivity contribution in [2.45, 2.75) is 38.5 Å². The van der Waals surface area contributed by atoms with Gasteiger partial charge >= 0.3 is 0 Å². The van der Waals surface area contributed by atoms with Crippen molar-refractivity contribution in [3.8, 4) is 0 Å². The molecule has 0 bridgehead atoms. The lowest BCUT2D eigenvalue weighted by atomic mass is 9.77. The zero-order valence-electron chi connectivity index (χ0n) is 9.45. The molecule has 4 heteroatoms. The van der Waals surface area contributed by atoms with E-state index in [0.717, 1.165) is 12.8 Å². The predicted octanol–water partition coefficient (Wildman–Crippen LogP) is 1.17. The topological polar surface area (TPSA) is 40.6 Å². The number of nitrogens with zero attached hydrogens (tertiary/aromatic N) is 2. The van der Waals surface area contributed by atoms with Crippen LogP contribution in [0.15, 0.2) is 0 Å². The van der Waals surface area contributed by atoms with Gasteiger partial charge in [0.1, 0.15) is 0 Å². The van der Waals surface area contributed by atoms with Gasteiger partial charge in [0.15, 0.2) is 0 Å². The first-order valence-corrected chi connectivity index (χ1v) is 5.57. The molecule has 1 aliphatic carbocycles. The number of hydrazine groups is 1. The summed E-state index contributed by atoms with van der Waals surface area (Å²) in [5.41, 5.74) is 0.0146. The van der Waals surface area contributed by atoms with Crippen LogP contribution in [0.2, 0.25) is 0 Å². The van der Waals surface area contributed by atoms with Crippen LogP contribution in [-0.2, 0) is 9.59 Å². The van der Waals surface area contributed by atoms with E-state index in [4.69, 9.17) is 0 Å². The van der Waals surface area contributed by atoms with Crippen molar-refractivity contribution in [2.24, 2.45) is 5.41 Å². The molecule has 0 aromatic carbocycles. The van der Waals surface area contributed by atoms with Crippen LogP contribution >= 0.6 is 0 Å². The molecule has 1 spiro atoms. The number of rotatable bonds is 1. The molecule has 2 aliphatic rings. The maximum atomic E-state index is 11.9. The third-order valence-electron chi connectivity index (χ3n) is 3.59. The number of piperidine rings is 1. The van der Waals surface area contributed by atoms with Crippen molar-refractivity contribution in [3.63, 3.8) is 0 Å². The van der Waals surface area contributed by atoms with Crippen LogP contribution in [0.3, 0.4) is 0 Å². The van der Waals surface area contributed by atoms with Crippen LogP contribution in [0.5, 0.6) is 0 Å². The van der Waals surface area contributed by atoms with Crippen molar-refractivity contribution in [1.29, 1.82) is 0 Å². The van der Waals surface area contributed by atoms with Gasteiger partial charge in [-0.05, 0) is 18.3 Å². The molecule has 2 rings (SSSR count). The van der Waals surface area contributed by atoms with Gasteiger partial charge in [-0.1, -0.05) is 12.8 Å². The number of amides is 2. The molecule has 0 aromatic rings. The van der Waals surface area contributed by atoms with Gasteiger partial charge in [-0.25, -0.2) is 10.0 Å². The van der Waals surface area contributed by atoms with E-state index in [1.807, 2.05) is 0 Å².